The van der Waals surface area contributed by atoms with Crippen molar-refractivity contribution in [3.8, 4) is 11.5 Å². The van der Waals surface area contributed by atoms with E-state index in [2.05, 4.69) is 4.90 Å². The van der Waals surface area contributed by atoms with Gasteiger partial charge in [-0.1, -0.05) is 127 Å². The second kappa shape index (κ2) is 28.2. The van der Waals surface area contributed by atoms with Crippen LogP contribution in [0, 0.1) is 11.8 Å². The average Bonchev–Trinajstić information content (AvgIpc) is 3.39. The number of aliphatic carboxylic acids is 2. The molecule has 1 amide bonds. The van der Waals surface area contributed by atoms with Gasteiger partial charge in [-0.2, -0.15) is 0 Å². The molecule has 4 heterocycles. The van der Waals surface area contributed by atoms with E-state index in [0.717, 1.165) is 35.1 Å². The van der Waals surface area contributed by atoms with Crippen molar-refractivity contribution in [3.05, 3.63) is 154 Å². The second-order valence-corrected chi connectivity index (χ2v) is 19.5. The zero-order chi connectivity index (χ0) is 51.5. The molecule has 6 atom stereocenters. The lowest BCUT2D eigenvalue weighted by Crippen LogP contribution is -2.48. The van der Waals surface area contributed by atoms with Crippen molar-refractivity contribution >= 4 is 47.2 Å². The number of carbonyl (C=O) groups is 4. The van der Waals surface area contributed by atoms with Gasteiger partial charge in [0.15, 0.2) is 12.6 Å². The Morgan fingerprint density at radius 2 is 1.03 bits per heavy atom. The van der Waals surface area contributed by atoms with E-state index in [1.54, 1.807) is 24.3 Å². The topological polar surface area (TPSA) is 171 Å². The number of allylic oxidation sites excluding steroid dienone is 4. The number of hydrogen-bond donors (Lipinski definition) is 2. The summed E-state index contributed by atoms with van der Waals surface area (Å²) in [5, 5.41) is 18.8. The number of para-hydroxylation sites is 2. The predicted molar refractivity (Wildman–Crippen MR) is 276 cm³/mol. The highest BCUT2D eigenvalue weighted by Gasteiger charge is 2.38. The molecule has 4 aliphatic rings. The van der Waals surface area contributed by atoms with E-state index in [1.165, 1.54) is 39.3 Å². The van der Waals surface area contributed by atoms with Crippen molar-refractivity contribution in [2.45, 2.75) is 108 Å². The summed E-state index contributed by atoms with van der Waals surface area (Å²) in [5.41, 5.74) is 3.00. The van der Waals surface area contributed by atoms with Gasteiger partial charge in [0.05, 0.1) is 25.4 Å². The molecule has 73 heavy (non-hydrogen) atoms. The van der Waals surface area contributed by atoms with Crippen molar-refractivity contribution in [2.75, 3.05) is 39.4 Å². The summed E-state index contributed by atoms with van der Waals surface area (Å²) in [4.78, 5) is 50.9. The molecule has 4 aliphatic heterocycles. The molecule has 2 N–H and O–H groups in total. The maximum Gasteiger partial charge on any atom is 0.415 e. The van der Waals surface area contributed by atoms with E-state index in [9.17, 15) is 19.2 Å². The zero-order valence-electron chi connectivity index (χ0n) is 41.2. The summed E-state index contributed by atoms with van der Waals surface area (Å²) >= 11 is 12.8. The van der Waals surface area contributed by atoms with E-state index >= 15 is 0 Å². The Hall–Kier alpha value is -5.58. The van der Waals surface area contributed by atoms with Gasteiger partial charge in [0.25, 0.3) is 0 Å². The zero-order valence-corrected chi connectivity index (χ0v) is 42.7. The number of carboxylic acid groups (broad SMARTS) is 2. The van der Waals surface area contributed by atoms with Crippen LogP contribution in [0.1, 0.15) is 125 Å². The minimum atomic E-state index is -0.829. The number of carbonyl (C=O) groups excluding carboxylic acids is 2. The summed E-state index contributed by atoms with van der Waals surface area (Å²) in [6, 6.07) is 30.1. The number of hydrogen-bond acceptors (Lipinski definition) is 11. The monoisotopic (exact) mass is 1040 g/mol. The fraction of sp³-hybridized carbons (Fsp3) is 0.439. The Bertz CT molecular complexity index is 2510. The normalized spacial score (nSPS) is 22.9. The molecule has 0 spiro atoms. The number of carboxylic acids is 2. The van der Waals surface area contributed by atoms with Crippen LogP contribution in [-0.2, 0) is 33.3 Å². The number of piperidine rings is 2. The van der Waals surface area contributed by atoms with E-state index in [0.29, 0.717) is 79.6 Å². The van der Waals surface area contributed by atoms with Crippen molar-refractivity contribution in [1.29, 1.82) is 0 Å². The van der Waals surface area contributed by atoms with Crippen molar-refractivity contribution in [2.24, 2.45) is 11.8 Å². The number of halogens is 2. The number of likely N-dealkylation sites (tertiary alicyclic amines) is 2. The van der Waals surface area contributed by atoms with Crippen molar-refractivity contribution < 1.29 is 57.8 Å². The third-order valence-corrected chi connectivity index (χ3v) is 14.1. The van der Waals surface area contributed by atoms with Gasteiger partial charge in [0.2, 0.25) is 0 Å². The minimum Gasteiger partial charge on any atom is -0.481 e. The summed E-state index contributed by atoms with van der Waals surface area (Å²) in [5.74, 6) is -1.28. The molecule has 0 saturated carbocycles. The van der Waals surface area contributed by atoms with Crippen molar-refractivity contribution in [1.82, 2.24) is 9.80 Å². The minimum absolute atomic E-state index is 0.0588. The van der Waals surface area contributed by atoms with E-state index < -0.39 is 42.7 Å². The molecule has 0 bridgehead atoms. The highest BCUT2D eigenvalue weighted by atomic mass is 35.5. The molecule has 14 nitrogen and oxygen atoms in total. The molecule has 0 radical (unpaired) electrons. The number of nitrogens with zero attached hydrogens (tertiary/aromatic N) is 2. The molecule has 4 aromatic rings. The standard InChI is InChI=1S/C33H41ClN2O6.C24H25ClO6/c34-28-14-7-5-12-26(28)32-40-23-24(11-3-1-4-16-30(37)38)31(42-32)27-13-6-8-15-29(27)41-33(39)36-21-17-25(18-22-36)35-19-9-2-10-20-35;1-16(26)30-21-13-8-6-11-19(21)23-17(9-3-2-4-14-22(27)28)15-29-24(31-23)18-10-5-7-12-20(18)25/h1,3,5-8,12-15,24-25,31-32H,2,4,9-11,16-23H2,(H,37,38);2-3,5-8,10-13,17,23-24H,4,9,14-15H2,1H3,(H,27,28)/b3-1-;3-2-/t24-,31+,32+;17-,23+,24+/m11/s1. The summed E-state index contributed by atoms with van der Waals surface area (Å²) in [6.07, 6.45) is 13.3. The first-order chi connectivity index (χ1) is 35.4. The molecule has 4 fully saturated rings. The van der Waals surface area contributed by atoms with Crippen LogP contribution in [0.4, 0.5) is 4.79 Å². The third kappa shape index (κ3) is 16.2. The van der Waals surface area contributed by atoms with Crippen LogP contribution in [0.25, 0.3) is 0 Å². The Kier molecular flexibility index (Phi) is 21.3. The van der Waals surface area contributed by atoms with Crippen molar-refractivity contribution in [3.63, 3.8) is 0 Å². The average molecular weight is 1040 g/mol. The molecule has 4 aromatic carbocycles. The van der Waals surface area contributed by atoms with Gasteiger partial charge in [-0.25, -0.2) is 4.79 Å². The summed E-state index contributed by atoms with van der Waals surface area (Å²) < 4.78 is 36.5. The first-order valence-corrected chi connectivity index (χ1v) is 26.0. The van der Waals surface area contributed by atoms with Crippen LogP contribution in [0.5, 0.6) is 11.5 Å². The lowest BCUT2D eigenvalue weighted by Gasteiger charge is -2.40. The lowest BCUT2D eigenvalue weighted by atomic mass is 9.91. The van der Waals surface area contributed by atoms with Gasteiger partial charge in [-0.15, -0.1) is 0 Å². The fourth-order valence-electron chi connectivity index (χ4n) is 9.68. The molecular formula is C57H66Cl2N2O12. The Balaban J connectivity index is 0.000000224. The number of amides is 1. The highest BCUT2D eigenvalue weighted by molar-refractivity contribution is 6.31. The molecule has 390 valence electrons. The Morgan fingerprint density at radius 1 is 0.589 bits per heavy atom. The van der Waals surface area contributed by atoms with Crippen LogP contribution in [0.2, 0.25) is 10.0 Å². The molecule has 0 unspecified atom stereocenters. The molecule has 0 aromatic heterocycles. The quantitative estimate of drug-likeness (QED) is 0.0582. The predicted octanol–water partition coefficient (Wildman–Crippen LogP) is 12.5. The van der Waals surface area contributed by atoms with Gasteiger partial charge in [0, 0.05) is 83.0 Å². The van der Waals surface area contributed by atoms with Gasteiger partial charge < -0.3 is 48.4 Å². The fourth-order valence-corrected chi connectivity index (χ4v) is 10.1. The van der Waals surface area contributed by atoms with Gasteiger partial charge in [0.1, 0.15) is 11.5 Å². The van der Waals surface area contributed by atoms with Crippen LogP contribution < -0.4 is 9.47 Å². The highest BCUT2D eigenvalue weighted by Crippen LogP contribution is 2.46. The van der Waals surface area contributed by atoms with Gasteiger partial charge in [-0.05, 0) is 88.7 Å². The van der Waals surface area contributed by atoms with Crippen LogP contribution in [-0.4, -0.2) is 89.4 Å². The summed E-state index contributed by atoms with van der Waals surface area (Å²) in [7, 11) is 0. The second-order valence-electron chi connectivity index (χ2n) is 18.6. The molecule has 0 aliphatic carbocycles. The largest absolute Gasteiger partial charge is 0.481 e. The Morgan fingerprint density at radius 3 is 1.48 bits per heavy atom. The Labute approximate surface area is 437 Å². The van der Waals surface area contributed by atoms with Crippen LogP contribution in [0.15, 0.2) is 121 Å². The number of rotatable bonds is 17. The van der Waals surface area contributed by atoms with E-state index in [1.807, 2.05) is 102 Å². The van der Waals surface area contributed by atoms with Gasteiger partial charge >= 0.3 is 24.0 Å². The number of benzene rings is 4. The first kappa shape index (κ1) is 55.2. The molecular weight excluding hydrogens is 976 g/mol. The van der Waals surface area contributed by atoms with Crippen LogP contribution in [0.3, 0.4) is 0 Å². The SMILES string of the molecule is CC(=O)Oc1ccccc1[C@H]1O[C@@H](c2ccccc2Cl)OC[C@H]1C/C=C\CCC(=O)O.O=C(O)CC/C=C\C[C@@H]1CO[C@H](c2ccccc2Cl)O[C@@H]1c1ccccc1OC(=O)N1CCC(N2CCCCC2)CC1. The summed E-state index contributed by atoms with van der Waals surface area (Å²) in [6.45, 7) is 5.87. The number of ether oxygens (including phenoxy) is 6. The lowest BCUT2D eigenvalue weighted by molar-refractivity contribution is -0.244. The molecule has 16 heteroatoms. The third-order valence-electron chi connectivity index (χ3n) is 13.4. The van der Waals surface area contributed by atoms with Gasteiger partial charge in [-0.3, -0.25) is 14.4 Å². The number of esters is 1. The molecule has 4 saturated heterocycles. The molecule has 8 rings (SSSR count). The first-order valence-electron chi connectivity index (χ1n) is 25.3. The smallest absolute Gasteiger partial charge is 0.415 e. The maximum atomic E-state index is 13.3. The van der Waals surface area contributed by atoms with E-state index in [4.69, 9.17) is 61.8 Å². The van der Waals surface area contributed by atoms with E-state index in [-0.39, 0.29) is 30.8 Å². The maximum absolute atomic E-state index is 13.3. The van der Waals surface area contributed by atoms with Crippen LogP contribution >= 0.6 is 23.2 Å².